The molecule has 22 heavy (non-hydrogen) atoms. The molecular weight excluding hydrogens is 316 g/mol. The molecule has 0 N–H and O–H groups in total. The summed E-state index contributed by atoms with van der Waals surface area (Å²) in [5.74, 6) is 0. The summed E-state index contributed by atoms with van der Waals surface area (Å²) in [5.41, 5.74) is 1.37. The van der Waals surface area contributed by atoms with Gasteiger partial charge >= 0.3 is 0 Å². The SMILES string of the molecule is Cc1ccc([C@H](O[Si](C)(C)C(C)(C)C)[C@H](C)S(C)(=O)=O)nn1. The van der Waals surface area contributed by atoms with Gasteiger partial charge < -0.3 is 4.43 Å². The van der Waals surface area contributed by atoms with Gasteiger partial charge in [0.15, 0.2) is 18.2 Å². The van der Waals surface area contributed by atoms with E-state index in [0.29, 0.717) is 5.69 Å². The predicted molar refractivity (Wildman–Crippen MR) is 92.1 cm³/mol. The van der Waals surface area contributed by atoms with Gasteiger partial charge in [-0.2, -0.15) is 10.2 Å². The third-order valence-electron chi connectivity index (χ3n) is 4.44. The first-order valence-electron chi connectivity index (χ1n) is 7.42. The number of sulfone groups is 1. The molecule has 1 aromatic rings. The van der Waals surface area contributed by atoms with E-state index in [4.69, 9.17) is 4.43 Å². The zero-order valence-electron chi connectivity index (χ0n) is 14.8. The molecule has 0 amide bonds. The Hall–Kier alpha value is -0.793. The van der Waals surface area contributed by atoms with Crippen molar-refractivity contribution < 1.29 is 12.8 Å². The minimum atomic E-state index is -3.25. The molecule has 0 saturated heterocycles. The van der Waals surface area contributed by atoms with Crippen LogP contribution in [0.2, 0.25) is 18.1 Å². The fourth-order valence-corrected chi connectivity index (χ4v) is 3.73. The standard InChI is InChI=1S/C15H28N2O3SSi/c1-11-9-10-13(17-16-11)14(12(2)21(6,18)19)20-22(7,8)15(3,4)5/h9-10,12,14H,1-8H3/t12-,14+/m0/s1. The zero-order valence-corrected chi connectivity index (χ0v) is 16.7. The Kier molecular flexibility index (Phi) is 5.58. The maximum Gasteiger partial charge on any atom is 0.193 e. The molecule has 5 nitrogen and oxygen atoms in total. The molecule has 2 atom stereocenters. The summed E-state index contributed by atoms with van der Waals surface area (Å²) in [6, 6.07) is 3.64. The number of aromatic nitrogens is 2. The molecule has 7 heteroatoms. The molecule has 1 heterocycles. The van der Waals surface area contributed by atoms with Crippen LogP contribution in [0.5, 0.6) is 0 Å². The highest BCUT2D eigenvalue weighted by atomic mass is 32.2. The fourth-order valence-electron chi connectivity index (χ4n) is 1.68. The minimum Gasteiger partial charge on any atom is -0.407 e. The summed E-state index contributed by atoms with van der Waals surface area (Å²) in [6.45, 7) is 14.1. The van der Waals surface area contributed by atoms with Crippen molar-refractivity contribution in [3.8, 4) is 0 Å². The second-order valence-corrected chi connectivity index (χ2v) is 14.6. The molecule has 0 aliphatic heterocycles. The topological polar surface area (TPSA) is 69.2 Å². The van der Waals surface area contributed by atoms with E-state index in [0.717, 1.165) is 5.69 Å². The minimum absolute atomic E-state index is 0.0133. The molecule has 0 fully saturated rings. The van der Waals surface area contributed by atoms with E-state index in [1.54, 1.807) is 6.92 Å². The van der Waals surface area contributed by atoms with E-state index in [2.05, 4.69) is 44.1 Å². The van der Waals surface area contributed by atoms with Crippen LogP contribution in [0.25, 0.3) is 0 Å². The molecule has 0 aliphatic rings. The van der Waals surface area contributed by atoms with Gasteiger partial charge in [0.2, 0.25) is 0 Å². The van der Waals surface area contributed by atoms with Gasteiger partial charge in [-0.3, -0.25) is 0 Å². The lowest BCUT2D eigenvalue weighted by molar-refractivity contribution is 0.176. The normalized spacial score (nSPS) is 16.4. The Morgan fingerprint density at radius 2 is 1.73 bits per heavy atom. The van der Waals surface area contributed by atoms with E-state index in [1.807, 2.05) is 19.1 Å². The first kappa shape index (κ1) is 19.3. The van der Waals surface area contributed by atoms with Crippen molar-refractivity contribution in [1.82, 2.24) is 10.2 Å². The Bertz CT molecular complexity index is 607. The summed E-state index contributed by atoms with van der Waals surface area (Å²) >= 11 is 0. The Balaban J connectivity index is 3.27. The first-order valence-corrected chi connectivity index (χ1v) is 12.3. The second-order valence-electron chi connectivity index (χ2n) is 7.43. The number of rotatable bonds is 5. The summed E-state index contributed by atoms with van der Waals surface area (Å²) in [7, 11) is -5.39. The second kappa shape index (κ2) is 6.37. The Labute approximate surface area is 135 Å². The average molecular weight is 345 g/mol. The summed E-state index contributed by atoms with van der Waals surface area (Å²) in [6.07, 6.45) is 0.644. The van der Waals surface area contributed by atoms with Crippen LogP contribution in [0.4, 0.5) is 0 Å². The lowest BCUT2D eigenvalue weighted by atomic mass is 10.2. The van der Waals surface area contributed by atoms with Gasteiger partial charge in [-0.15, -0.1) is 0 Å². The highest BCUT2D eigenvalue weighted by molar-refractivity contribution is 7.91. The van der Waals surface area contributed by atoms with Gasteiger partial charge in [0.05, 0.1) is 16.6 Å². The third-order valence-corrected chi connectivity index (χ3v) is 10.5. The molecule has 0 spiro atoms. The summed E-state index contributed by atoms with van der Waals surface area (Å²) in [4.78, 5) is 0. The first-order chi connectivity index (χ1) is 9.75. The molecule has 126 valence electrons. The largest absolute Gasteiger partial charge is 0.407 e. The maximum absolute atomic E-state index is 12.0. The quantitative estimate of drug-likeness (QED) is 0.767. The molecule has 0 saturated carbocycles. The van der Waals surface area contributed by atoms with Crippen molar-refractivity contribution in [2.75, 3.05) is 6.26 Å². The van der Waals surface area contributed by atoms with E-state index >= 15 is 0 Å². The van der Waals surface area contributed by atoms with Gasteiger partial charge in [-0.25, -0.2) is 8.42 Å². The molecule has 1 aromatic heterocycles. The lowest BCUT2D eigenvalue weighted by Crippen LogP contribution is -2.44. The number of nitrogens with zero attached hydrogens (tertiary/aromatic N) is 2. The van der Waals surface area contributed by atoms with Crippen LogP contribution in [0.1, 0.15) is 45.2 Å². The van der Waals surface area contributed by atoms with E-state index in [1.165, 1.54) is 6.26 Å². The van der Waals surface area contributed by atoms with E-state index < -0.39 is 29.5 Å². The van der Waals surface area contributed by atoms with Gasteiger partial charge in [-0.1, -0.05) is 20.8 Å². The molecule has 0 radical (unpaired) electrons. The van der Waals surface area contributed by atoms with Crippen molar-refractivity contribution >= 4 is 18.2 Å². The van der Waals surface area contributed by atoms with E-state index in [-0.39, 0.29) is 5.04 Å². The monoisotopic (exact) mass is 344 g/mol. The molecular formula is C15H28N2O3SSi. The molecule has 0 aliphatic carbocycles. The van der Waals surface area contributed by atoms with Gasteiger partial charge in [0.1, 0.15) is 6.10 Å². The van der Waals surface area contributed by atoms with Crippen molar-refractivity contribution in [1.29, 1.82) is 0 Å². The highest BCUT2D eigenvalue weighted by Crippen LogP contribution is 2.41. The zero-order chi connectivity index (χ0) is 17.3. The van der Waals surface area contributed by atoms with Crippen LogP contribution in [0, 0.1) is 6.92 Å². The van der Waals surface area contributed by atoms with Crippen LogP contribution in [-0.2, 0) is 14.3 Å². The number of hydrogen-bond donors (Lipinski definition) is 0. The number of hydrogen-bond acceptors (Lipinski definition) is 5. The van der Waals surface area contributed by atoms with Crippen LogP contribution < -0.4 is 0 Å². The average Bonchev–Trinajstić information content (AvgIpc) is 2.34. The van der Waals surface area contributed by atoms with Crippen LogP contribution in [0.15, 0.2) is 12.1 Å². The van der Waals surface area contributed by atoms with Crippen LogP contribution in [0.3, 0.4) is 0 Å². The van der Waals surface area contributed by atoms with Gasteiger partial charge in [-0.05, 0) is 44.1 Å². The van der Waals surface area contributed by atoms with Crippen molar-refractivity contribution in [3.05, 3.63) is 23.5 Å². The van der Waals surface area contributed by atoms with Crippen LogP contribution in [-0.4, -0.2) is 38.4 Å². The third kappa shape index (κ3) is 4.60. The summed E-state index contributed by atoms with van der Waals surface area (Å²) in [5, 5.41) is 7.53. The van der Waals surface area contributed by atoms with Crippen molar-refractivity contribution in [3.63, 3.8) is 0 Å². The molecule has 0 bridgehead atoms. The molecule has 1 rings (SSSR count). The molecule has 0 aromatic carbocycles. The van der Waals surface area contributed by atoms with Crippen LogP contribution >= 0.6 is 0 Å². The molecule has 0 unspecified atom stereocenters. The highest BCUT2D eigenvalue weighted by Gasteiger charge is 2.42. The Morgan fingerprint density at radius 3 is 2.09 bits per heavy atom. The smallest absolute Gasteiger partial charge is 0.193 e. The van der Waals surface area contributed by atoms with Gasteiger partial charge in [0.25, 0.3) is 0 Å². The lowest BCUT2D eigenvalue weighted by Gasteiger charge is -2.40. The maximum atomic E-state index is 12.0. The fraction of sp³-hybridized carbons (Fsp3) is 0.733. The van der Waals surface area contributed by atoms with Crippen molar-refractivity contribution in [2.24, 2.45) is 0 Å². The summed E-state index contributed by atoms with van der Waals surface area (Å²) < 4.78 is 30.4. The predicted octanol–water partition coefficient (Wildman–Crippen LogP) is 3.28. The number of aryl methyl sites for hydroxylation is 1. The van der Waals surface area contributed by atoms with E-state index in [9.17, 15) is 8.42 Å². The van der Waals surface area contributed by atoms with Gasteiger partial charge in [0, 0.05) is 6.26 Å². The van der Waals surface area contributed by atoms with Crippen molar-refractivity contribution in [2.45, 2.75) is 64.1 Å². The Morgan fingerprint density at radius 1 is 1.18 bits per heavy atom.